The summed E-state index contributed by atoms with van der Waals surface area (Å²) in [7, 11) is 0. The van der Waals surface area contributed by atoms with Crippen molar-refractivity contribution in [2.24, 2.45) is 11.8 Å². The molecule has 1 heterocycles. The standard InChI is InChI=1S/C11H18N2O/c1-8-4-5-10(3)13(7-8)11(14)9(2)6-12/h8-10H,4-5,7H2,1-3H3. The number of amides is 1. The molecular formula is C11H18N2O. The molecular weight excluding hydrogens is 176 g/mol. The molecule has 1 amide bonds. The lowest BCUT2D eigenvalue weighted by molar-refractivity contribution is -0.137. The summed E-state index contributed by atoms with van der Waals surface area (Å²) in [4.78, 5) is 13.7. The quantitative estimate of drug-likeness (QED) is 0.638. The molecule has 3 unspecified atom stereocenters. The zero-order valence-corrected chi connectivity index (χ0v) is 9.16. The van der Waals surface area contributed by atoms with Gasteiger partial charge >= 0.3 is 0 Å². The monoisotopic (exact) mass is 194 g/mol. The van der Waals surface area contributed by atoms with E-state index in [0.717, 1.165) is 13.0 Å². The van der Waals surface area contributed by atoms with Gasteiger partial charge in [0, 0.05) is 12.6 Å². The molecule has 0 aliphatic carbocycles. The maximum Gasteiger partial charge on any atom is 0.239 e. The number of carbonyl (C=O) groups excluding carboxylic acids is 1. The van der Waals surface area contributed by atoms with Crippen LogP contribution in [0.3, 0.4) is 0 Å². The second kappa shape index (κ2) is 4.45. The fourth-order valence-electron chi connectivity index (χ4n) is 1.90. The van der Waals surface area contributed by atoms with Crippen molar-refractivity contribution in [1.82, 2.24) is 4.90 Å². The summed E-state index contributed by atoms with van der Waals surface area (Å²) in [5, 5.41) is 8.69. The Morgan fingerprint density at radius 2 is 2.14 bits per heavy atom. The van der Waals surface area contributed by atoms with Crippen molar-refractivity contribution in [3.63, 3.8) is 0 Å². The van der Waals surface area contributed by atoms with Gasteiger partial charge in [0.25, 0.3) is 0 Å². The highest BCUT2D eigenvalue weighted by Gasteiger charge is 2.29. The fourth-order valence-corrected chi connectivity index (χ4v) is 1.90. The van der Waals surface area contributed by atoms with E-state index in [-0.39, 0.29) is 5.91 Å². The number of nitrogens with zero attached hydrogens (tertiary/aromatic N) is 2. The highest BCUT2D eigenvalue weighted by Crippen LogP contribution is 2.22. The third-order valence-corrected chi connectivity index (χ3v) is 2.96. The number of carbonyl (C=O) groups is 1. The van der Waals surface area contributed by atoms with Gasteiger partial charge in [-0.1, -0.05) is 6.92 Å². The van der Waals surface area contributed by atoms with Crippen LogP contribution in [0.1, 0.15) is 33.6 Å². The molecule has 1 rings (SSSR count). The van der Waals surface area contributed by atoms with Gasteiger partial charge in [-0.3, -0.25) is 4.79 Å². The molecule has 0 spiro atoms. The molecule has 1 fully saturated rings. The molecule has 0 saturated carbocycles. The third-order valence-electron chi connectivity index (χ3n) is 2.96. The van der Waals surface area contributed by atoms with E-state index in [0.29, 0.717) is 12.0 Å². The highest BCUT2D eigenvalue weighted by atomic mass is 16.2. The number of hydrogen-bond acceptors (Lipinski definition) is 2. The van der Waals surface area contributed by atoms with Crippen LogP contribution in [0.4, 0.5) is 0 Å². The molecule has 3 atom stereocenters. The zero-order chi connectivity index (χ0) is 10.7. The lowest BCUT2D eigenvalue weighted by Gasteiger charge is -2.37. The second-order valence-corrected chi connectivity index (χ2v) is 4.37. The van der Waals surface area contributed by atoms with Crippen LogP contribution in [0.15, 0.2) is 0 Å². The lowest BCUT2D eigenvalue weighted by atomic mass is 9.94. The number of nitriles is 1. The van der Waals surface area contributed by atoms with E-state index in [2.05, 4.69) is 13.8 Å². The van der Waals surface area contributed by atoms with Gasteiger partial charge in [0.1, 0.15) is 5.92 Å². The predicted molar refractivity (Wildman–Crippen MR) is 54.4 cm³/mol. The maximum absolute atomic E-state index is 11.8. The van der Waals surface area contributed by atoms with Crippen molar-refractivity contribution in [3.05, 3.63) is 0 Å². The maximum atomic E-state index is 11.8. The second-order valence-electron chi connectivity index (χ2n) is 4.37. The first kappa shape index (κ1) is 11.0. The van der Waals surface area contributed by atoms with Crippen LogP contribution >= 0.6 is 0 Å². The number of piperidine rings is 1. The normalized spacial score (nSPS) is 29.4. The van der Waals surface area contributed by atoms with E-state index in [1.54, 1.807) is 6.92 Å². The molecule has 0 aromatic rings. The van der Waals surface area contributed by atoms with Crippen molar-refractivity contribution < 1.29 is 4.79 Å². The van der Waals surface area contributed by atoms with Gasteiger partial charge in [-0.2, -0.15) is 5.26 Å². The van der Waals surface area contributed by atoms with E-state index < -0.39 is 5.92 Å². The first-order chi connectivity index (χ1) is 6.56. The minimum absolute atomic E-state index is 0.00782. The Kier molecular flexibility index (Phi) is 3.51. The van der Waals surface area contributed by atoms with Crippen LogP contribution in [0, 0.1) is 23.2 Å². The molecule has 3 nitrogen and oxygen atoms in total. The van der Waals surface area contributed by atoms with E-state index >= 15 is 0 Å². The Balaban J connectivity index is 2.66. The highest BCUT2D eigenvalue weighted by molar-refractivity contribution is 5.81. The summed E-state index contributed by atoms with van der Waals surface area (Å²) in [5.74, 6) is 0.0651. The minimum atomic E-state index is -0.497. The summed E-state index contributed by atoms with van der Waals surface area (Å²) >= 11 is 0. The Bertz CT molecular complexity index is 257. The van der Waals surface area contributed by atoms with Crippen molar-refractivity contribution in [2.75, 3.05) is 6.54 Å². The number of likely N-dealkylation sites (tertiary alicyclic amines) is 1. The Morgan fingerprint density at radius 3 is 2.71 bits per heavy atom. The van der Waals surface area contributed by atoms with Crippen molar-refractivity contribution in [3.8, 4) is 6.07 Å². The summed E-state index contributed by atoms with van der Waals surface area (Å²) < 4.78 is 0. The van der Waals surface area contributed by atoms with Crippen LogP contribution < -0.4 is 0 Å². The van der Waals surface area contributed by atoms with E-state index in [1.165, 1.54) is 6.42 Å². The topological polar surface area (TPSA) is 44.1 Å². The first-order valence-electron chi connectivity index (χ1n) is 5.26. The summed E-state index contributed by atoms with van der Waals surface area (Å²) in [6.07, 6.45) is 2.25. The predicted octanol–water partition coefficient (Wildman–Crippen LogP) is 1.79. The van der Waals surface area contributed by atoms with Gasteiger partial charge in [-0.25, -0.2) is 0 Å². The molecule has 1 saturated heterocycles. The first-order valence-corrected chi connectivity index (χ1v) is 5.26. The van der Waals surface area contributed by atoms with Gasteiger partial charge in [-0.15, -0.1) is 0 Å². The molecule has 14 heavy (non-hydrogen) atoms. The van der Waals surface area contributed by atoms with Crippen LogP contribution in [-0.2, 0) is 4.79 Å². The van der Waals surface area contributed by atoms with E-state index in [4.69, 9.17) is 5.26 Å². The SMILES string of the molecule is CC1CCC(C)N(C(=O)C(C)C#N)C1. The summed E-state index contributed by atoms with van der Waals surface area (Å²) in [5.41, 5.74) is 0. The average Bonchev–Trinajstić information content (AvgIpc) is 2.19. The fraction of sp³-hybridized carbons (Fsp3) is 0.818. The molecule has 78 valence electrons. The molecule has 0 aromatic heterocycles. The molecule has 0 radical (unpaired) electrons. The van der Waals surface area contributed by atoms with E-state index in [9.17, 15) is 4.79 Å². The van der Waals surface area contributed by atoms with Crippen LogP contribution in [-0.4, -0.2) is 23.4 Å². The van der Waals surface area contributed by atoms with Gasteiger partial charge in [0.05, 0.1) is 6.07 Å². The molecule has 0 bridgehead atoms. The molecule has 0 N–H and O–H groups in total. The van der Waals surface area contributed by atoms with Crippen molar-refractivity contribution in [2.45, 2.75) is 39.7 Å². The summed E-state index contributed by atoms with van der Waals surface area (Å²) in [6.45, 7) is 6.71. The van der Waals surface area contributed by atoms with Gasteiger partial charge in [-0.05, 0) is 32.6 Å². The van der Waals surface area contributed by atoms with Crippen molar-refractivity contribution >= 4 is 5.91 Å². The zero-order valence-electron chi connectivity index (χ0n) is 9.16. The average molecular weight is 194 g/mol. The van der Waals surface area contributed by atoms with Gasteiger partial charge in [0.2, 0.25) is 5.91 Å². The molecule has 1 aliphatic heterocycles. The van der Waals surface area contributed by atoms with Crippen LogP contribution in [0.25, 0.3) is 0 Å². The largest absolute Gasteiger partial charge is 0.339 e. The molecule has 3 heteroatoms. The molecule has 1 aliphatic rings. The summed E-state index contributed by atoms with van der Waals surface area (Å²) in [6, 6.07) is 2.31. The van der Waals surface area contributed by atoms with Crippen LogP contribution in [0.2, 0.25) is 0 Å². The lowest BCUT2D eigenvalue weighted by Crippen LogP contribution is -2.46. The smallest absolute Gasteiger partial charge is 0.239 e. The Labute approximate surface area is 85.7 Å². The van der Waals surface area contributed by atoms with Gasteiger partial charge < -0.3 is 4.90 Å². The van der Waals surface area contributed by atoms with Crippen LogP contribution in [0.5, 0.6) is 0 Å². The number of hydrogen-bond donors (Lipinski definition) is 0. The Morgan fingerprint density at radius 1 is 1.50 bits per heavy atom. The Hall–Kier alpha value is -1.04. The molecule has 0 aromatic carbocycles. The minimum Gasteiger partial charge on any atom is -0.339 e. The van der Waals surface area contributed by atoms with E-state index in [1.807, 2.05) is 11.0 Å². The third kappa shape index (κ3) is 2.25. The number of rotatable bonds is 1. The van der Waals surface area contributed by atoms with Gasteiger partial charge in [0.15, 0.2) is 0 Å². The van der Waals surface area contributed by atoms with Crippen molar-refractivity contribution in [1.29, 1.82) is 5.26 Å².